The summed E-state index contributed by atoms with van der Waals surface area (Å²) in [6.07, 6.45) is -2.54. The lowest BCUT2D eigenvalue weighted by molar-refractivity contribution is 0.0620. The van der Waals surface area contributed by atoms with Crippen molar-refractivity contribution < 1.29 is 13.6 Å². The van der Waals surface area contributed by atoms with E-state index in [2.05, 4.69) is 15.9 Å². The van der Waals surface area contributed by atoms with Crippen molar-refractivity contribution >= 4 is 33.4 Å². The minimum Gasteiger partial charge on any atom is -0.336 e. The quantitative estimate of drug-likeness (QED) is 0.837. The molecular formula is C10H9BrClF2NO. The topological polar surface area (TPSA) is 20.3 Å². The maximum absolute atomic E-state index is 12.1. The predicted molar refractivity (Wildman–Crippen MR) is 62.1 cm³/mol. The second-order valence-electron chi connectivity index (χ2n) is 3.23. The smallest absolute Gasteiger partial charge is 0.255 e. The first kappa shape index (κ1) is 13.4. The molecule has 0 unspecified atom stereocenters. The van der Waals surface area contributed by atoms with Gasteiger partial charge in [0.1, 0.15) is 0 Å². The Morgan fingerprint density at radius 2 is 2.12 bits per heavy atom. The van der Waals surface area contributed by atoms with E-state index in [-0.39, 0.29) is 5.56 Å². The molecule has 0 N–H and O–H groups in total. The highest BCUT2D eigenvalue weighted by atomic mass is 79.9. The van der Waals surface area contributed by atoms with E-state index >= 15 is 0 Å². The summed E-state index contributed by atoms with van der Waals surface area (Å²) >= 11 is 8.93. The zero-order valence-electron chi connectivity index (χ0n) is 8.38. The SMILES string of the molecule is CN(CC(F)F)C(=O)c1cc(Cl)cc(Br)c1. The Morgan fingerprint density at radius 3 is 2.62 bits per heavy atom. The van der Waals surface area contributed by atoms with Gasteiger partial charge in [-0.25, -0.2) is 8.78 Å². The molecule has 0 atom stereocenters. The predicted octanol–water partition coefficient (Wildman–Crippen LogP) is 3.44. The first-order valence-corrected chi connectivity index (χ1v) is 5.57. The summed E-state index contributed by atoms with van der Waals surface area (Å²) in [6, 6.07) is 4.60. The van der Waals surface area contributed by atoms with Crippen molar-refractivity contribution in [1.82, 2.24) is 4.90 Å². The van der Waals surface area contributed by atoms with Crippen molar-refractivity contribution in [3.8, 4) is 0 Å². The zero-order chi connectivity index (χ0) is 12.3. The third-order valence-electron chi connectivity index (χ3n) is 1.87. The Bertz CT molecular complexity index is 380. The van der Waals surface area contributed by atoms with Gasteiger partial charge in [-0.2, -0.15) is 0 Å². The third kappa shape index (κ3) is 3.72. The molecule has 0 aliphatic carbocycles. The molecule has 88 valence electrons. The van der Waals surface area contributed by atoms with Crippen LogP contribution in [0.5, 0.6) is 0 Å². The molecule has 16 heavy (non-hydrogen) atoms. The van der Waals surface area contributed by atoms with Gasteiger partial charge in [-0.1, -0.05) is 27.5 Å². The van der Waals surface area contributed by atoms with E-state index in [1.54, 1.807) is 6.07 Å². The normalized spacial score (nSPS) is 10.6. The van der Waals surface area contributed by atoms with E-state index in [1.165, 1.54) is 19.2 Å². The highest BCUT2D eigenvalue weighted by Crippen LogP contribution is 2.20. The number of rotatable bonds is 3. The van der Waals surface area contributed by atoms with Crippen LogP contribution in [0.15, 0.2) is 22.7 Å². The van der Waals surface area contributed by atoms with Crippen LogP contribution in [0.3, 0.4) is 0 Å². The average molecular weight is 313 g/mol. The molecule has 1 aromatic rings. The zero-order valence-corrected chi connectivity index (χ0v) is 10.7. The van der Waals surface area contributed by atoms with Crippen LogP contribution in [0, 0.1) is 0 Å². The number of benzene rings is 1. The monoisotopic (exact) mass is 311 g/mol. The van der Waals surface area contributed by atoms with Gasteiger partial charge >= 0.3 is 0 Å². The molecule has 0 saturated heterocycles. The Labute approximate surface area is 105 Å². The van der Waals surface area contributed by atoms with Crippen LogP contribution in [0.1, 0.15) is 10.4 Å². The fraction of sp³-hybridized carbons (Fsp3) is 0.300. The lowest BCUT2D eigenvalue weighted by Crippen LogP contribution is -2.31. The summed E-state index contributed by atoms with van der Waals surface area (Å²) < 4.78 is 24.8. The fourth-order valence-corrected chi connectivity index (χ4v) is 2.05. The Balaban J connectivity index is 2.87. The van der Waals surface area contributed by atoms with Crippen LogP contribution in [0.2, 0.25) is 5.02 Å². The molecule has 0 aliphatic heterocycles. The van der Waals surface area contributed by atoms with E-state index in [9.17, 15) is 13.6 Å². The van der Waals surface area contributed by atoms with E-state index in [4.69, 9.17) is 11.6 Å². The van der Waals surface area contributed by atoms with Crippen LogP contribution >= 0.6 is 27.5 Å². The molecule has 6 heteroatoms. The summed E-state index contributed by atoms with van der Waals surface area (Å²) in [5.41, 5.74) is 0.280. The summed E-state index contributed by atoms with van der Waals surface area (Å²) in [6.45, 7) is -0.594. The van der Waals surface area contributed by atoms with Gasteiger partial charge in [0, 0.05) is 22.1 Å². The number of hydrogen-bond acceptors (Lipinski definition) is 1. The van der Waals surface area contributed by atoms with Crippen LogP contribution in [-0.2, 0) is 0 Å². The van der Waals surface area contributed by atoms with Crippen molar-refractivity contribution in [1.29, 1.82) is 0 Å². The Morgan fingerprint density at radius 1 is 1.50 bits per heavy atom. The van der Waals surface area contributed by atoms with Gasteiger partial charge in [0.2, 0.25) is 0 Å². The molecule has 0 heterocycles. The molecule has 1 rings (SSSR count). The molecule has 1 aromatic carbocycles. The molecule has 2 nitrogen and oxygen atoms in total. The van der Waals surface area contributed by atoms with Gasteiger partial charge < -0.3 is 4.90 Å². The molecule has 0 aliphatic rings. The number of nitrogens with zero attached hydrogens (tertiary/aromatic N) is 1. The van der Waals surface area contributed by atoms with Crippen molar-refractivity contribution in [3.63, 3.8) is 0 Å². The molecule has 0 radical (unpaired) electrons. The number of amides is 1. The second kappa shape index (κ2) is 5.59. The summed E-state index contributed by atoms with van der Waals surface area (Å²) in [4.78, 5) is 12.7. The molecule has 0 spiro atoms. The Hall–Kier alpha value is -0.680. The van der Waals surface area contributed by atoms with E-state index in [1.807, 2.05) is 0 Å². The molecule has 0 bridgehead atoms. The van der Waals surface area contributed by atoms with Gasteiger partial charge in [0.25, 0.3) is 12.3 Å². The molecule has 0 aromatic heterocycles. The Kier molecular flexibility index (Phi) is 4.68. The minimum absolute atomic E-state index is 0.280. The summed E-state index contributed by atoms with van der Waals surface area (Å²) in [5.74, 6) is -0.483. The number of halogens is 4. The highest BCUT2D eigenvalue weighted by molar-refractivity contribution is 9.10. The van der Waals surface area contributed by atoms with Gasteiger partial charge in [-0.15, -0.1) is 0 Å². The average Bonchev–Trinajstić information content (AvgIpc) is 2.13. The van der Waals surface area contributed by atoms with E-state index in [0.29, 0.717) is 9.50 Å². The number of carbonyl (C=O) groups is 1. The van der Waals surface area contributed by atoms with Crippen molar-refractivity contribution in [2.75, 3.05) is 13.6 Å². The van der Waals surface area contributed by atoms with Crippen LogP contribution in [0.4, 0.5) is 8.78 Å². The molecule has 0 saturated carbocycles. The number of alkyl halides is 2. The van der Waals surface area contributed by atoms with Crippen molar-refractivity contribution in [2.24, 2.45) is 0 Å². The van der Waals surface area contributed by atoms with Gasteiger partial charge in [0.15, 0.2) is 0 Å². The second-order valence-corrected chi connectivity index (χ2v) is 4.59. The highest BCUT2D eigenvalue weighted by Gasteiger charge is 2.16. The number of carbonyl (C=O) groups excluding carboxylic acids is 1. The van der Waals surface area contributed by atoms with E-state index < -0.39 is 18.9 Å². The summed E-state index contributed by atoms with van der Waals surface area (Å²) in [5, 5.41) is 0.378. The van der Waals surface area contributed by atoms with Gasteiger partial charge in [0.05, 0.1) is 6.54 Å². The lowest BCUT2D eigenvalue weighted by Gasteiger charge is -2.16. The maximum atomic E-state index is 12.1. The number of hydrogen-bond donors (Lipinski definition) is 0. The molecule has 0 fully saturated rings. The van der Waals surface area contributed by atoms with Crippen LogP contribution in [-0.4, -0.2) is 30.8 Å². The standard InChI is InChI=1S/C10H9BrClF2NO/c1-15(5-9(13)14)10(16)6-2-7(11)4-8(12)3-6/h2-4,9H,5H2,1H3. The first-order chi connectivity index (χ1) is 7.40. The minimum atomic E-state index is -2.54. The van der Waals surface area contributed by atoms with Crippen LogP contribution in [0.25, 0.3) is 0 Å². The molecule has 1 amide bonds. The van der Waals surface area contributed by atoms with Crippen LogP contribution < -0.4 is 0 Å². The summed E-state index contributed by atoms with van der Waals surface area (Å²) in [7, 11) is 1.32. The van der Waals surface area contributed by atoms with Gasteiger partial charge in [-0.3, -0.25) is 4.79 Å². The third-order valence-corrected chi connectivity index (χ3v) is 2.54. The largest absolute Gasteiger partial charge is 0.336 e. The van der Waals surface area contributed by atoms with E-state index in [0.717, 1.165) is 4.90 Å². The van der Waals surface area contributed by atoms with Gasteiger partial charge in [-0.05, 0) is 18.2 Å². The maximum Gasteiger partial charge on any atom is 0.255 e. The van der Waals surface area contributed by atoms with Crippen molar-refractivity contribution in [2.45, 2.75) is 6.43 Å². The lowest BCUT2D eigenvalue weighted by atomic mass is 10.2. The molecular weight excluding hydrogens is 303 g/mol. The first-order valence-electron chi connectivity index (χ1n) is 4.40. The fourth-order valence-electron chi connectivity index (χ4n) is 1.19. The van der Waals surface area contributed by atoms with Crippen molar-refractivity contribution in [3.05, 3.63) is 33.3 Å².